The van der Waals surface area contributed by atoms with Crippen molar-refractivity contribution >= 4 is 6.09 Å². The van der Waals surface area contributed by atoms with Gasteiger partial charge in [0.15, 0.2) is 0 Å². The summed E-state index contributed by atoms with van der Waals surface area (Å²) < 4.78 is 31.9. The topological polar surface area (TPSA) is 58.6 Å². The Hall–Kier alpha value is -0.910. The summed E-state index contributed by atoms with van der Waals surface area (Å²) in [4.78, 5) is 11.4. The molecular weight excluding hydrogens is 232 g/mol. The van der Waals surface area contributed by atoms with Crippen LogP contribution >= 0.6 is 0 Å². The Kier molecular flexibility index (Phi) is 3.96. The minimum absolute atomic E-state index is 0.251. The number of ether oxygens (including phenoxy) is 1. The van der Waals surface area contributed by atoms with Gasteiger partial charge in [-0.1, -0.05) is 0 Å². The third-order valence-corrected chi connectivity index (χ3v) is 2.52. The number of nitrogens with one attached hydrogen (secondary N) is 1. The maximum absolute atomic E-state index is 13.5. The third-order valence-electron chi connectivity index (χ3n) is 2.52. The summed E-state index contributed by atoms with van der Waals surface area (Å²) in [5.41, 5.74) is -0.751. The quantitative estimate of drug-likeness (QED) is 0.750. The van der Waals surface area contributed by atoms with Gasteiger partial charge in [-0.2, -0.15) is 0 Å². The van der Waals surface area contributed by atoms with E-state index in [9.17, 15) is 18.7 Å². The molecule has 0 saturated heterocycles. The fourth-order valence-corrected chi connectivity index (χ4v) is 1.79. The van der Waals surface area contributed by atoms with Gasteiger partial charge in [-0.3, -0.25) is 0 Å². The molecule has 0 radical (unpaired) electrons. The van der Waals surface area contributed by atoms with Crippen LogP contribution in [0.5, 0.6) is 0 Å². The van der Waals surface area contributed by atoms with E-state index < -0.39 is 29.8 Å². The second-order valence-electron chi connectivity index (χ2n) is 5.34. The van der Waals surface area contributed by atoms with E-state index in [1.165, 1.54) is 0 Å². The minimum Gasteiger partial charge on any atom is -0.444 e. The van der Waals surface area contributed by atoms with E-state index in [-0.39, 0.29) is 19.3 Å². The summed E-state index contributed by atoms with van der Waals surface area (Å²) in [5.74, 6) is -3.09. The molecule has 4 nitrogen and oxygen atoms in total. The number of alkyl carbamates (subject to hydrolysis) is 1. The normalized spacial score (nSPS) is 28.6. The van der Waals surface area contributed by atoms with Gasteiger partial charge in [0, 0.05) is 6.42 Å². The molecule has 100 valence electrons. The maximum Gasteiger partial charge on any atom is 0.408 e. The molecule has 0 aromatic carbocycles. The summed E-state index contributed by atoms with van der Waals surface area (Å²) in [5, 5.41) is 11.6. The summed E-state index contributed by atoms with van der Waals surface area (Å²) in [6, 6.07) is -1.56. The number of carbonyl (C=O) groups excluding carboxylic acids is 1. The maximum atomic E-state index is 13.5. The molecule has 0 bridgehead atoms. The molecule has 2 N–H and O–H groups in total. The van der Waals surface area contributed by atoms with Gasteiger partial charge in [-0.15, -0.1) is 0 Å². The van der Waals surface area contributed by atoms with Crippen LogP contribution in [-0.2, 0) is 4.74 Å². The number of carbonyl (C=O) groups is 1. The number of aliphatic hydroxyl groups excluding tert-OH is 1. The summed E-state index contributed by atoms with van der Waals surface area (Å²) in [7, 11) is 0. The molecule has 0 aromatic heterocycles. The lowest BCUT2D eigenvalue weighted by Crippen LogP contribution is -2.57. The molecule has 6 heteroatoms. The molecule has 1 amide bonds. The van der Waals surface area contributed by atoms with Crippen molar-refractivity contribution in [2.45, 2.75) is 63.7 Å². The van der Waals surface area contributed by atoms with E-state index in [0.29, 0.717) is 0 Å². The fourth-order valence-electron chi connectivity index (χ4n) is 1.79. The number of hydrogen-bond donors (Lipinski definition) is 2. The zero-order valence-electron chi connectivity index (χ0n) is 10.3. The second kappa shape index (κ2) is 4.76. The van der Waals surface area contributed by atoms with E-state index in [1.807, 2.05) is 0 Å². The highest BCUT2D eigenvalue weighted by atomic mass is 19.3. The third kappa shape index (κ3) is 4.11. The lowest BCUT2D eigenvalue weighted by molar-refractivity contribution is -0.108. The van der Waals surface area contributed by atoms with Crippen molar-refractivity contribution in [3.8, 4) is 0 Å². The predicted molar refractivity (Wildman–Crippen MR) is 58.0 cm³/mol. The van der Waals surface area contributed by atoms with Crippen LogP contribution in [0.25, 0.3) is 0 Å². The van der Waals surface area contributed by atoms with Crippen LogP contribution in [-0.4, -0.2) is 34.9 Å². The Balaban J connectivity index is 2.62. The number of rotatable bonds is 1. The smallest absolute Gasteiger partial charge is 0.408 e. The van der Waals surface area contributed by atoms with Crippen LogP contribution < -0.4 is 5.32 Å². The minimum atomic E-state index is -3.09. The van der Waals surface area contributed by atoms with Gasteiger partial charge < -0.3 is 15.2 Å². The first-order valence-electron chi connectivity index (χ1n) is 5.67. The number of halogens is 2. The largest absolute Gasteiger partial charge is 0.444 e. The summed E-state index contributed by atoms with van der Waals surface area (Å²) in [6.07, 6.45) is -1.98. The lowest BCUT2D eigenvalue weighted by atomic mass is 9.89. The molecule has 0 heterocycles. The molecule has 1 fully saturated rings. The first-order chi connectivity index (χ1) is 7.62. The summed E-state index contributed by atoms with van der Waals surface area (Å²) in [6.45, 7) is 4.92. The van der Waals surface area contributed by atoms with Gasteiger partial charge in [0.05, 0.1) is 6.10 Å². The van der Waals surface area contributed by atoms with Gasteiger partial charge in [0.1, 0.15) is 11.6 Å². The van der Waals surface area contributed by atoms with E-state index in [4.69, 9.17) is 4.74 Å². The van der Waals surface area contributed by atoms with Crippen molar-refractivity contribution < 1.29 is 23.4 Å². The van der Waals surface area contributed by atoms with Crippen LogP contribution in [0.1, 0.15) is 40.0 Å². The highest BCUT2D eigenvalue weighted by Crippen LogP contribution is 2.33. The molecule has 0 aromatic rings. The molecule has 17 heavy (non-hydrogen) atoms. The van der Waals surface area contributed by atoms with Crippen LogP contribution in [0, 0.1) is 0 Å². The van der Waals surface area contributed by atoms with Crippen molar-refractivity contribution in [2.75, 3.05) is 0 Å². The van der Waals surface area contributed by atoms with Crippen LogP contribution in [0.15, 0.2) is 0 Å². The number of hydrogen-bond acceptors (Lipinski definition) is 3. The van der Waals surface area contributed by atoms with E-state index in [0.717, 1.165) is 0 Å². The van der Waals surface area contributed by atoms with Gasteiger partial charge >= 0.3 is 6.09 Å². The Bertz CT molecular complexity index is 289. The zero-order valence-corrected chi connectivity index (χ0v) is 10.3. The van der Waals surface area contributed by atoms with Gasteiger partial charge in [-0.25, -0.2) is 13.6 Å². The fraction of sp³-hybridized carbons (Fsp3) is 0.909. The molecule has 1 rings (SSSR count). The number of alkyl halides is 2. The average molecular weight is 251 g/mol. The van der Waals surface area contributed by atoms with E-state index >= 15 is 0 Å². The zero-order chi connectivity index (χ0) is 13.3. The van der Waals surface area contributed by atoms with E-state index in [1.54, 1.807) is 20.8 Å². The Morgan fingerprint density at radius 1 is 1.47 bits per heavy atom. The van der Waals surface area contributed by atoms with E-state index in [2.05, 4.69) is 5.32 Å². The van der Waals surface area contributed by atoms with Crippen LogP contribution in [0.3, 0.4) is 0 Å². The van der Waals surface area contributed by atoms with Crippen molar-refractivity contribution in [2.24, 2.45) is 0 Å². The first kappa shape index (κ1) is 14.2. The molecular formula is C11H19F2NO3. The Labute approximate surface area is 99.3 Å². The van der Waals surface area contributed by atoms with Crippen molar-refractivity contribution in [3.05, 3.63) is 0 Å². The van der Waals surface area contributed by atoms with Gasteiger partial charge in [-0.05, 0) is 33.6 Å². The molecule has 1 aliphatic rings. The molecule has 2 atom stereocenters. The molecule has 0 spiro atoms. The predicted octanol–water partition coefficient (Wildman–Crippen LogP) is 2.06. The van der Waals surface area contributed by atoms with Gasteiger partial charge in [0.25, 0.3) is 5.92 Å². The summed E-state index contributed by atoms with van der Waals surface area (Å²) >= 11 is 0. The SMILES string of the molecule is CC(C)(C)OC(=O)N[C@H]1[C@H](O)CCCC1(F)F. The standard InChI is InChI=1S/C11H19F2NO3/c1-10(2,3)17-9(16)14-8-7(15)5-4-6-11(8,12)13/h7-8,15H,4-6H2,1-3H3,(H,14,16)/t7-,8+/m1/s1. The lowest BCUT2D eigenvalue weighted by Gasteiger charge is -2.35. The molecule has 1 saturated carbocycles. The van der Waals surface area contributed by atoms with Crippen LogP contribution in [0.2, 0.25) is 0 Å². The van der Waals surface area contributed by atoms with Crippen molar-refractivity contribution in [1.82, 2.24) is 5.32 Å². The first-order valence-corrected chi connectivity index (χ1v) is 5.67. The Morgan fingerprint density at radius 3 is 2.53 bits per heavy atom. The van der Waals surface area contributed by atoms with Crippen LogP contribution in [0.4, 0.5) is 13.6 Å². The second-order valence-corrected chi connectivity index (χ2v) is 5.34. The van der Waals surface area contributed by atoms with Crippen molar-refractivity contribution in [3.63, 3.8) is 0 Å². The number of aliphatic hydroxyl groups is 1. The Morgan fingerprint density at radius 2 is 2.06 bits per heavy atom. The highest BCUT2D eigenvalue weighted by Gasteiger charge is 2.47. The van der Waals surface area contributed by atoms with Crippen molar-refractivity contribution in [1.29, 1.82) is 0 Å². The number of amides is 1. The molecule has 0 aliphatic heterocycles. The monoisotopic (exact) mass is 251 g/mol. The molecule has 1 aliphatic carbocycles. The molecule has 0 unspecified atom stereocenters. The highest BCUT2D eigenvalue weighted by molar-refractivity contribution is 5.68. The van der Waals surface area contributed by atoms with Gasteiger partial charge in [0.2, 0.25) is 0 Å². The average Bonchev–Trinajstić information content (AvgIpc) is 2.08.